The van der Waals surface area contributed by atoms with E-state index in [1.165, 1.54) is 0 Å². The van der Waals surface area contributed by atoms with Gasteiger partial charge in [0.05, 0.1) is 13.2 Å². The summed E-state index contributed by atoms with van der Waals surface area (Å²) in [4.78, 5) is 17.0. The molecule has 0 aliphatic rings. The fourth-order valence-corrected chi connectivity index (χ4v) is 2.40. The molecule has 2 amide bonds. The third-order valence-electron chi connectivity index (χ3n) is 3.59. The maximum absolute atomic E-state index is 11.8. The summed E-state index contributed by atoms with van der Waals surface area (Å²) in [5, 5.41) is 6.97. The fraction of sp³-hybridized carbons (Fsp3) is 0.158. The predicted molar refractivity (Wildman–Crippen MR) is 94.4 cm³/mol. The van der Waals surface area contributed by atoms with Crippen molar-refractivity contribution in [3.63, 3.8) is 0 Å². The molecule has 6 nitrogen and oxygen atoms in total. The van der Waals surface area contributed by atoms with Crippen molar-refractivity contribution in [3.05, 3.63) is 89.7 Å². The molecule has 0 unspecified atom stereocenters. The molecule has 0 atom stereocenters. The van der Waals surface area contributed by atoms with Crippen LogP contribution < -0.4 is 10.8 Å². The Morgan fingerprint density at radius 2 is 1.80 bits per heavy atom. The molecule has 1 heterocycles. The normalized spacial score (nSPS) is 10.4. The van der Waals surface area contributed by atoms with Crippen LogP contribution in [0.3, 0.4) is 0 Å². The number of nitrogens with one attached hydrogen (secondary N) is 2. The van der Waals surface area contributed by atoms with Crippen molar-refractivity contribution in [2.24, 2.45) is 0 Å². The minimum atomic E-state index is -0.367. The molecule has 2 aromatic carbocycles. The summed E-state index contributed by atoms with van der Waals surface area (Å²) in [6, 6.07) is 19.2. The molecule has 2 N–H and O–H groups in total. The molecule has 0 bridgehead atoms. The van der Waals surface area contributed by atoms with Gasteiger partial charge in [0.1, 0.15) is 0 Å². The van der Waals surface area contributed by atoms with Gasteiger partial charge >= 0.3 is 6.03 Å². The largest absolute Gasteiger partial charge is 0.338 e. The Morgan fingerprint density at radius 1 is 1.00 bits per heavy atom. The van der Waals surface area contributed by atoms with Crippen LogP contribution in [0.25, 0.3) is 0 Å². The zero-order valence-corrected chi connectivity index (χ0v) is 13.8. The zero-order valence-electron chi connectivity index (χ0n) is 13.8. The first kappa shape index (κ1) is 16.7. The standard InChI is InChI=1S/C19H20N4O2/c24-19(22-25-15-16-6-2-1-3-7-16)20-13-17-8-4-9-18(12-17)14-23-11-5-10-21-23/h1-12H,13-15H2,(H2,20,22,24). The molecule has 0 saturated carbocycles. The van der Waals surface area contributed by atoms with E-state index in [2.05, 4.69) is 15.9 Å². The van der Waals surface area contributed by atoms with Crippen LogP contribution in [0.4, 0.5) is 4.79 Å². The first-order chi connectivity index (χ1) is 12.3. The van der Waals surface area contributed by atoms with E-state index in [0.717, 1.165) is 16.7 Å². The fourth-order valence-electron chi connectivity index (χ4n) is 2.40. The number of benzene rings is 2. The summed E-state index contributed by atoms with van der Waals surface area (Å²) < 4.78 is 1.86. The number of nitrogens with zero attached hydrogens (tertiary/aromatic N) is 2. The Balaban J connectivity index is 1.42. The summed E-state index contributed by atoms with van der Waals surface area (Å²) in [6.07, 6.45) is 3.67. The van der Waals surface area contributed by atoms with Gasteiger partial charge in [-0.2, -0.15) is 5.10 Å². The number of hydroxylamine groups is 1. The van der Waals surface area contributed by atoms with Crippen molar-refractivity contribution in [2.75, 3.05) is 0 Å². The number of urea groups is 1. The van der Waals surface area contributed by atoms with Crippen molar-refractivity contribution in [1.82, 2.24) is 20.6 Å². The van der Waals surface area contributed by atoms with Gasteiger partial charge in [0.15, 0.2) is 0 Å². The van der Waals surface area contributed by atoms with Gasteiger partial charge in [-0.3, -0.25) is 9.52 Å². The van der Waals surface area contributed by atoms with E-state index in [4.69, 9.17) is 4.84 Å². The highest BCUT2D eigenvalue weighted by Gasteiger charge is 2.02. The zero-order chi connectivity index (χ0) is 17.3. The number of rotatable bonds is 7. The Bertz CT molecular complexity index is 788. The molecule has 128 valence electrons. The highest BCUT2D eigenvalue weighted by molar-refractivity contribution is 5.72. The maximum atomic E-state index is 11.8. The van der Waals surface area contributed by atoms with Crippen molar-refractivity contribution in [2.45, 2.75) is 19.7 Å². The summed E-state index contributed by atoms with van der Waals surface area (Å²) >= 11 is 0. The van der Waals surface area contributed by atoms with Gasteiger partial charge in [0.25, 0.3) is 0 Å². The van der Waals surface area contributed by atoms with E-state index in [0.29, 0.717) is 19.7 Å². The number of amides is 2. The third kappa shape index (κ3) is 5.47. The lowest BCUT2D eigenvalue weighted by Crippen LogP contribution is -2.34. The molecular weight excluding hydrogens is 316 g/mol. The lowest BCUT2D eigenvalue weighted by atomic mass is 10.1. The summed E-state index contributed by atoms with van der Waals surface area (Å²) in [7, 11) is 0. The van der Waals surface area contributed by atoms with Crippen molar-refractivity contribution < 1.29 is 9.63 Å². The number of hydrogen-bond acceptors (Lipinski definition) is 3. The van der Waals surface area contributed by atoms with E-state index in [1.54, 1.807) is 6.20 Å². The van der Waals surface area contributed by atoms with Gasteiger partial charge in [0, 0.05) is 18.9 Å². The van der Waals surface area contributed by atoms with Crippen LogP contribution in [0, 0.1) is 0 Å². The molecule has 0 aliphatic heterocycles. The minimum Gasteiger partial charge on any atom is -0.332 e. The lowest BCUT2D eigenvalue weighted by molar-refractivity contribution is 0.0490. The van der Waals surface area contributed by atoms with E-state index in [9.17, 15) is 4.79 Å². The highest BCUT2D eigenvalue weighted by Crippen LogP contribution is 2.07. The average Bonchev–Trinajstić information content (AvgIpc) is 3.14. The number of carbonyl (C=O) groups is 1. The van der Waals surface area contributed by atoms with Gasteiger partial charge in [-0.1, -0.05) is 54.6 Å². The summed E-state index contributed by atoms with van der Waals surface area (Å²) in [5.74, 6) is 0. The molecule has 3 aromatic rings. The van der Waals surface area contributed by atoms with Crippen molar-refractivity contribution in [3.8, 4) is 0 Å². The Labute approximate surface area is 146 Å². The van der Waals surface area contributed by atoms with E-state index in [-0.39, 0.29) is 6.03 Å². The van der Waals surface area contributed by atoms with Crippen molar-refractivity contribution >= 4 is 6.03 Å². The average molecular weight is 336 g/mol. The van der Waals surface area contributed by atoms with Crippen LogP contribution in [0.2, 0.25) is 0 Å². The molecule has 0 saturated heterocycles. The molecule has 25 heavy (non-hydrogen) atoms. The monoisotopic (exact) mass is 336 g/mol. The van der Waals surface area contributed by atoms with Crippen LogP contribution in [0.1, 0.15) is 16.7 Å². The Kier molecular flexibility index (Phi) is 5.79. The van der Waals surface area contributed by atoms with Gasteiger partial charge < -0.3 is 5.32 Å². The van der Waals surface area contributed by atoms with E-state index in [1.807, 2.05) is 71.5 Å². The number of carbonyl (C=O) groups excluding carboxylic acids is 1. The minimum absolute atomic E-state index is 0.327. The smallest absolute Gasteiger partial charge is 0.332 e. The topological polar surface area (TPSA) is 68.2 Å². The molecule has 1 aromatic heterocycles. The molecule has 6 heteroatoms. The quantitative estimate of drug-likeness (QED) is 0.652. The first-order valence-electron chi connectivity index (χ1n) is 8.04. The van der Waals surface area contributed by atoms with Crippen LogP contribution in [0.15, 0.2) is 73.1 Å². The lowest BCUT2D eigenvalue weighted by Gasteiger charge is -2.09. The van der Waals surface area contributed by atoms with Crippen LogP contribution in [0.5, 0.6) is 0 Å². The van der Waals surface area contributed by atoms with Gasteiger partial charge in [-0.15, -0.1) is 0 Å². The van der Waals surface area contributed by atoms with E-state index < -0.39 is 0 Å². The third-order valence-corrected chi connectivity index (χ3v) is 3.59. The molecule has 0 aliphatic carbocycles. The Hall–Kier alpha value is -3.12. The number of aromatic nitrogens is 2. The van der Waals surface area contributed by atoms with E-state index >= 15 is 0 Å². The second-order valence-corrected chi connectivity index (χ2v) is 5.58. The Morgan fingerprint density at radius 3 is 2.60 bits per heavy atom. The predicted octanol–water partition coefficient (Wildman–Crippen LogP) is 2.86. The SMILES string of the molecule is O=C(NCc1cccc(Cn2cccn2)c1)NOCc1ccccc1. The molecular formula is C19H20N4O2. The molecule has 0 fully saturated rings. The highest BCUT2D eigenvalue weighted by atomic mass is 16.7. The van der Waals surface area contributed by atoms with Gasteiger partial charge in [-0.25, -0.2) is 10.3 Å². The van der Waals surface area contributed by atoms with Gasteiger partial charge in [-0.05, 0) is 22.8 Å². The van der Waals surface area contributed by atoms with Crippen molar-refractivity contribution in [1.29, 1.82) is 0 Å². The van der Waals surface area contributed by atoms with Gasteiger partial charge in [0.2, 0.25) is 0 Å². The molecule has 3 rings (SSSR count). The second kappa shape index (κ2) is 8.65. The molecule has 0 radical (unpaired) electrons. The second-order valence-electron chi connectivity index (χ2n) is 5.58. The number of hydrogen-bond donors (Lipinski definition) is 2. The maximum Gasteiger partial charge on any atom is 0.338 e. The summed E-state index contributed by atoms with van der Waals surface area (Å²) in [5.41, 5.74) is 5.53. The van der Waals surface area contributed by atoms with Crippen LogP contribution in [-0.4, -0.2) is 15.8 Å². The first-order valence-corrected chi connectivity index (χ1v) is 8.04. The molecule has 0 spiro atoms. The van der Waals surface area contributed by atoms with Crippen LogP contribution in [-0.2, 0) is 24.5 Å². The van der Waals surface area contributed by atoms with Crippen LogP contribution >= 0.6 is 0 Å². The summed E-state index contributed by atoms with van der Waals surface area (Å²) in [6.45, 7) is 1.45.